The summed E-state index contributed by atoms with van der Waals surface area (Å²) in [5.41, 5.74) is 3.96. The predicted molar refractivity (Wildman–Crippen MR) is 137 cm³/mol. The van der Waals surface area contributed by atoms with Crippen LogP contribution in [0.25, 0.3) is 17.2 Å². The fourth-order valence-electron chi connectivity index (χ4n) is 3.67. The predicted octanol–water partition coefficient (Wildman–Crippen LogP) is 5.82. The average molecular weight is 482 g/mol. The third kappa shape index (κ3) is 4.48. The molecule has 2 aromatic heterocycles. The molecule has 0 aliphatic rings. The first kappa shape index (κ1) is 22.6. The second kappa shape index (κ2) is 9.60. The molecule has 8 heteroatoms. The molecule has 7 nitrogen and oxygen atoms in total. The second-order valence-electron chi connectivity index (χ2n) is 7.89. The highest BCUT2D eigenvalue weighted by Crippen LogP contribution is 2.36. The molecule has 0 aliphatic carbocycles. The number of nitrogens with zero attached hydrogens (tertiary/aromatic N) is 4. The summed E-state index contributed by atoms with van der Waals surface area (Å²) in [6.07, 6.45) is 0. The van der Waals surface area contributed by atoms with E-state index in [1.807, 2.05) is 80.6 Å². The lowest BCUT2D eigenvalue weighted by molar-refractivity contribution is 0.102. The standard InChI is InChI=1S/C27H23N5O2S/c1-17-18(2)28-27-30-24(19-11-5-4-6-12-19)31-32(27)26(17)35-23-16-10-8-14-21(23)29-25(33)20-13-7-9-15-22(20)34-3/h4-16H,1-3H3,(H,29,33). The Morgan fingerprint density at radius 1 is 0.914 bits per heavy atom. The van der Waals surface area contributed by atoms with Crippen LogP contribution in [0.2, 0.25) is 0 Å². The van der Waals surface area contributed by atoms with Crippen LogP contribution in [0.5, 0.6) is 5.75 Å². The van der Waals surface area contributed by atoms with Crippen LogP contribution in [0.15, 0.2) is 88.8 Å². The van der Waals surface area contributed by atoms with Crippen molar-refractivity contribution in [2.75, 3.05) is 12.4 Å². The molecule has 0 atom stereocenters. The van der Waals surface area contributed by atoms with E-state index in [-0.39, 0.29) is 5.91 Å². The quantitative estimate of drug-likeness (QED) is 0.308. The summed E-state index contributed by atoms with van der Waals surface area (Å²) < 4.78 is 7.13. The first-order valence-corrected chi connectivity index (χ1v) is 11.9. The molecule has 1 N–H and O–H groups in total. The molecule has 1 amide bonds. The highest BCUT2D eigenvalue weighted by molar-refractivity contribution is 7.99. The smallest absolute Gasteiger partial charge is 0.259 e. The number of para-hydroxylation sites is 2. The van der Waals surface area contributed by atoms with Gasteiger partial charge in [0.2, 0.25) is 0 Å². The minimum absolute atomic E-state index is 0.240. The summed E-state index contributed by atoms with van der Waals surface area (Å²) in [4.78, 5) is 23.2. The van der Waals surface area contributed by atoms with Gasteiger partial charge in [0, 0.05) is 21.7 Å². The molecule has 0 fully saturated rings. The van der Waals surface area contributed by atoms with E-state index < -0.39 is 0 Å². The summed E-state index contributed by atoms with van der Waals surface area (Å²) in [7, 11) is 1.55. The summed E-state index contributed by atoms with van der Waals surface area (Å²) in [6.45, 7) is 3.98. The number of benzene rings is 3. The monoisotopic (exact) mass is 481 g/mol. The Balaban J connectivity index is 1.53. The van der Waals surface area contributed by atoms with Gasteiger partial charge in [0.25, 0.3) is 11.7 Å². The molecule has 5 aromatic rings. The molecule has 0 unspecified atom stereocenters. The van der Waals surface area contributed by atoms with Crippen molar-refractivity contribution in [3.05, 3.63) is 95.7 Å². The number of methoxy groups -OCH3 is 1. The van der Waals surface area contributed by atoms with Gasteiger partial charge >= 0.3 is 0 Å². The Hall–Kier alpha value is -4.17. The lowest BCUT2D eigenvalue weighted by Crippen LogP contribution is -2.13. The number of hydrogen-bond donors (Lipinski definition) is 1. The largest absolute Gasteiger partial charge is 0.496 e. The first-order chi connectivity index (χ1) is 17.0. The van der Waals surface area contributed by atoms with Crippen LogP contribution < -0.4 is 10.1 Å². The van der Waals surface area contributed by atoms with Crippen LogP contribution in [-0.4, -0.2) is 32.6 Å². The number of carbonyl (C=O) groups is 1. The zero-order valence-corrected chi connectivity index (χ0v) is 20.3. The number of rotatable bonds is 6. The number of hydrogen-bond acceptors (Lipinski definition) is 6. The fourth-order valence-corrected chi connectivity index (χ4v) is 4.77. The molecule has 3 aromatic carbocycles. The van der Waals surface area contributed by atoms with Gasteiger partial charge in [-0.1, -0.05) is 66.4 Å². The number of carbonyl (C=O) groups excluding carboxylic acids is 1. The number of amides is 1. The van der Waals surface area contributed by atoms with Crippen LogP contribution in [0.1, 0.15) is 21.6 Å². The zero-order chi connectivity index (χ0) is 24.4. The summed E-state index contributed by atoms with van der Waals surface area (Å²) in [5, 5.41) is 8.68. The third-order valence-electron chi connectivity index (χ3n) is 5.64. The third-order valence-corrected chi connectivity index (χ3v) is 6.89. The number of fused-ring (bicyclic) bond motifs is 1. The van der Waals surface area contributed by atoms with Gasteiger partial charge in [0.15, 0.2) is 5.82 Å². The maximum absolute atomic E-state index is 13.1. The summed E-state index contributed by atoms with van der Waals surface area (Å²) in [6, 6.07) is 24.7. The molecule has 0 saturated carbocycles. The van der Waals surface area contributed by atoms with Crippen molar-refractivity contribution < 1.29 is 9.53 Å². The minimum atomic E-state index is -0.240. The Labute approximate surface area is 207 Å². The molecule has 35 heavy (non-hydrogen) atoms. The number of anilines is 1. The molecule has 5 rings (SSSR count). The highest BCUT2D eigenvalue weighted by atomic mass is 32.2. The van der Waals surface area contributed by atoms with E-state index in [2.05, 4.69) is 15.3 Å². The van der Waals surface area contributed by atoms with Gasteiger partial charge in [-0.05, 0) is 38.1 Å². The van der Waals surface area contributed by atoms with Crippen molar-refractivity contribution >= 4 is 29.1 Å². The molecule has 0 saturated heterocycles. The Bertz CT molecular complexity index is 1530. The molecule has 2 heterocycles. The van der Waals surface area contributed by atoms with Crippen molar-refractivity contribution in [3.63, 3.8) is 0 Å². The van der Waals surface area contributed by atoms with E-state index in [0.717, 1.165) is 26.7 Å². The van der Waals surface area contributed by atoms with Crippen LogP contribution in [0.4, 0.5) is 5.69 Å². The molecule has 174 valence electrons. The number of ether oxygens (including phenoxy) is 1. The van der Waals surface area contributed by atoms with E-state index in [4.69, 9.17) is 9.84 Å². The fraction of sp³-hybridized carbons (Fsp3) is 0.111. The van der Waals surface area contributed by atoms with Gasteiger partial charge in [-0.3, -0.25) is 4.79 Å². The number of nitrogens with one attached hydrogen (secondary N) is 1. The average Bonchev–Trinajstić information content (AvgIpc) is 3.32. The van der Waals surface area contributed by atoms with Crippen molar-refractivity contribution in [2.24, 2.45) is 0 Å². The Morgan fingerprint density at radius 2 is 1.63 bits per heavy atom. The topological polar surface area (TPSA) is 81.4 Å². The van der Waals surface area contributed by atoms with Crippen molar-refractivity contribution in [3.8, 4) is 17.1 Å². The molecule has 0 radical (unpaired) electrons. The SMILES string of the molecule is COc1ccccc1C(=O)Nc1ccccc1Sc1c(C)c(C)nc2nc(-c3ccccc3)nn12. The van der Waals surface area contributed by atoms with Gasteiger partial charge in [-0.2, -0.15) is 9.50 Å². The number of aromatic nitrogens is 4. The zero-order valence-electron chi connectivity index (χ0n) is 19.5. The lowest BCUT2D eigenvalue weighted by atomic mass is 10.2. The van der Waals surface area contributed by atoms with E-state index in [0.29, 0.717) is 28.6 Å². The van der Waals surface area contributed by atoms with Gasteiger partial charge < -0.3 is 10.1 Å². The second-order valence-corrected chi connectivity index (χ2v) is 8.92. The van der Waals surface area contributed by atoms with Crippen molar-refractivity contribution in [1.82, 2.24) is 19.6 Å². The normalized spacial score (nSPS) is 10.9. The summed E-state index contributed by atoms with van der Waals surface area (Å²) in [5.74, 6) is 1.43. The highest BCUT2D eigenvalue weighted by Gasteiger charge is 2.19. The first-order valence-electron chi connectivity index (χ1n) is 11.1. The molecule has 0 bridgehead atoms. The van der Waals surface area contributed by atoms with E-state index in [9.17, 15) is 4.79 Å². The summed E-state index contributed by atoms with van der Waals surface area (Å²) >= 11 is 1.51. The lowest BCUT2D eigenvalue weighted by Gasteiger charge is -2.14. The van der Waals surface area contributed by atoms with E-state index in [1.54, 1.807) is 23.8 Å². The molecular formula is C27H23N5O2S. The molecular weight excluding hydrogens is 458 g/mol. The van der Waals surface area contributed by atoms with Gasteiger partial charge in [-0.15, -0.1) is 5.10 Å². The van der Waals surface area contributed by atoms with Gasteiger partial charge in [0.1, 0.15) is 10.8 Å². The minimum Gasteiger partial charge on any atom is -0.496 e. The Morgan fingerprint density at radius 3 is 2.43 bits per heavy atom. The van der Waals surface area contributed by atoms with Crippen LogP contribution in [0, 0.1) is 13.8 Å². The maximum Gasteiger partial charge on any atom is 0.259 e. The maximum atomic E-state index is 13.1. The van der Waals surface area contributed by atoms with Crippen LogP contribution >= 0.6 is 11.8 Å². The van der Waals surface area contributed by atoms with Gasteiger partial charge in [0.05, 0.1) is 18.4 Å². The van der Waals surface area contributed by atoms with E-state index >= 15 is 0 Å². The van der Waals surface area contributed by atoms with Crippen molar-refractivity contribution in [1.29, 1.82) is 0 Å². The van der Waals surface area contributed by atoms with E-state index in [1.165, 1.54) is 11.8 Å². The molecule has 0 spiro atoms. The van der Waals surface area contributed by atoms with Crippen LogP contribution in [-0.2, 0) is 0 Å². The van der Waals surface area contributed by atoms with Gasteiger partial charge in [-0.25, -0.2) is 4.98 Å². The van der Waals surface area contributed by atoms with Crippen molar-refractivity contribution in [2.45, 2.75) is 23.8 Å². The molecule has 0 aliphatic heterocycles. The Kier molecular flexibility index (Phi) is 6.20. The van der Waals surface area contributed by atoms with Crippen LogP contribution in [0.3, 0.4) is 0 Å². The number of aryl methyl sites for hydroxylation is 1.